The van der Waals surface area contributed by atoms with Gasteiger partial charge in [0.05, 0.1) is 12.0 Å². The molecule has 2 aliphatic rings. The number of likely N-dealkylation sites (tertiary alicyclic amines) is 1. The number of nitrogens with one attached hydrogen (secondary N) is 1. The topological polar surface area (TPSA) is 58.6 Å². The van der Waals surface area contributed by atoms with Crippen molar-refractivity contribution in [1.82, 2.24) is 10.2 Å². The van der Waals surface area contributed by atoms with Crippen LogP contribution in [0.15, 0.2) is 0 Å². The number of hydrogen-bond acceptors (Lipinski definition) is 4. The Morgan fingerprint density at radius 1 is 1.29 bits per heavy atom. The van der Waals surface area contributed by atoms with Gasteiger partial charge in [0, 0.05) is 13.1 Å². The molecule has 5 heteroatoms. The molecule has 2 unspecified atom stereocenters. The van der Waals surface area contributed by atoms with Gasteiger partial charge in [-0.1, -0.05) is 6.92 Å². The van der Waals surface area contributed by atoms with Crippen LogP contribution in [0.4, 0.5) is 0 Å². The van der Waals surface area contributed by atoms with Crippen molar-refractivity contribution in [2.45, 2.75) is 58.4 Å². The third kappa shape index (κ3) is 3.39. The summed E-state index contributed by atoms with van der Waals surface area (Å²) in [6.07, 6.45) is 5.47. The lowest BCUT2D eigenvalue weighted by molar-refractivity contribution is -0.161. The normalized spacial score (nSPS) is 30.0. The number of rotatable bonds is 4. The Bertz CT molecular complexity index is 378. The minimum Gasteiger partial charge on any atom is -0.464 e. The Balaban J connectivity index is 2.15. The lowest BCUT2D eigenvalue weighted by atomic mass is 9.76. The third-order valence-electron chi connectivity index (χ3n) is 4.93. The van der Waals surface area contributed by atoms with E-state index < -0.39 is 0 Å². The van der Waals surface area contributed by atoms with Crippen LogP contribution >= 0.6 is 0 Å². The number of carbonyl (C=O) groups excluding carboxylic acids is 2. The Kier molecular flexibility index (Phi) is 5.62. The SMILES string of the molecule is CCOC(=O)C1CCCCN1C(=O)C1(CC)CCCNC1. The van der Waals surface area contributed by atoms with E-state index in [2.05, 4.69) is 12.2 Å². The minimum absolute atomic E-state index is 0.148. The lowest BCUT2D eigenvalue weighted by Gasteiger charge is -2.43. The smallest absolute Gasteiger partial charge is 0.328 e. The van der Waals surface area contributed by atoms with E-state index in [0.717, 1.165) is 51.6 Å². The maximum Gasteiger partial charge on any atom is 0.328 e. The molecule has 1 amide bonds. The Hall–Kier alpha value is -1.10. The first-order valence-electron chi connectivity index (χ1n) is 8.33. The molecule has 120 valence electrons. The number of piperidine rings is 2. The first-order chi connectivity index (χ1) is 10.1. The molecule has 1 N–H and O–H groups in total. The number of esters is 1. The summed E-state index contributed by atoms with van der Waals surface area (Å²) >= 11 is 0. The molecule has 2 saturated heterocycles. The van der Waals surface area contributed by atoms with Crippen LogP contribution in [0.3, 0.4) is 0 Å². The number of ether oxygens (including phenoxy) is 1. The molecule has 21 heavy (non-hydrogen) atoms. The van der Waals surface area contributed by atoms with E-state index in [1.54, 1.807) is 4.90 Å². The van der Waals surface area contributed by atoms with Crippen LogP contribution < -0.4 is 5.32 Å². The molecule has 0 spiro atoms. The summed E-state index contributed by atoms with van der Waals surface area (Å²) in [7, 11) is 0. The van der Waals surface area contributed by atoms with Crippen LogP contribution in [0, 0.1) is 5.41 Å². The van der Waals surface area contributed by atoms with Gasteiger partial charge in [0.15, 0.2) is 0 Å². The van der Waals surface area contributed by atoms with E-state index in [4.69, 9.17) is 4.74 Å². The van der Waals surface area contributed by atoms with Crippen LogP contribution in [-0.2, 0) is 14.3 Å². The van der Waals surface area contributed by atoms with Gasteiger partial charge in [0.2, 0.25) is 5.91 Å². The average Bonchev–Trinajstić information content (AvgIpc) is 2.55. The van der Waals surface area contributed by atoms with Gasteiger partial charge < -0.3 is 15.0 Å². The van der Waals surface area contributed by atoms with Crippen molar-refractivity contribution in [2.75, 3.05) is 26.2 Å². The molecule has 0 aliphatic carbocycles. The van der Waals surface area contributed by atoms with Crippen LogP contribution in [0.25, 0.3) is 0 Å². The van der Waals surface area contributed by atoms with E-state index in [0.29, 0.717) is 13.2 Å². The van der Waals surface area contributed by atoms with Crippen molar-refractivity contribution in [3.63, 3.8) is 0 Å². The molecule has 2 atom stereocenters. The van der Waals surface area contributed by atoms with Crippen LogP contribution in [0.2, 0.25) is 0 Å². The van der Waals surface area contributed by atoms with Crippen molar-refractivity contribution in [2.24, 2.45) is 5.41 Å². The minimum atomic E-state index is -0.378. The fourth-order valence-corrected chi connectivity index (χ4v) is 3.57. The molecular formula is C16H28N2O3. The average molecular weight is 296 g/mol. The zero-order valence-electron chi connectivity index (χ0n) is 13.3. The standard InChI is InChI=1S/C16H28N2O3/c1-3-16(9-7-10-17-12-16)15(20)18-11-6-5-8-13(18)14(19)21-4-2/h13,17H,3-12H2,1-2H3. The van der Waals surface area contributed by atoms with Crippen molar-refractivity contribution < 1.29 is 14.3 Å². The van der Waals surface area contributed by atoms with Gasteiger partial charge >= 0.3 is 5.97 Å². The largest absolute Gasteiger partial charge is 0.464 e. The van der Waals surface area contributed by atoms with Gasteiger partial charge in [-0.05, 0) is 52.0 Å². The monoisotopic (exact) mass is 296 g/mol. The van der Waals surface area contributed by atoms with E-state index in [1.165, 1.54) is 0 Å². The fraction of sp³-hybridized carbons (Fsp3) is 0.875. The molecule has 2 aliphatic heterocycles. The van der Waals surface area contributed by atoms with Crippen molar-refractivity contribution in [1.29, 1.82) is 0 Å². The van der Waals surface area contributed by atoms with Gasteiger partial charge in [0.1, 0.15) is 6.04 Å². The summed E-state index contributed by atoms with van der Waals surface area (Å²) in [5.41, 5.74) is -0.333. The van der Waals surface area contributed by atoms with E-state index in [9.17, 15) is 9.59 Å². The molecule has 0 aromatic heterocycles. The first-order valence-corrected chi connectivity index (χ1v) is 8.33. The van der Waals surface area contributed by atoms with Gasteiger partial charge in [0.25, 0.3) is 0 Å². The summed E-state index contributed by atoms with van der Waals surface area (Å²) in [6, 6.07) is -0.378. The zero-order chi connectivity index (χ0) is 15.3. The van der Waals surface area contributed by atoms with Crippen LogP contribution in [0.5, 0.6) is 0 Å². The summed E-state index contributed by atoms with van der Waals surface area (Å²) in [5, 5.41) is 3.35. The second-order valence-electron chi connectivity index (χ2n) is 6.18. The quantitative estimate of drug-likeness (QED) is 0.802. The summed E-state index contributed by atoms with van der Waals surface area (Å²) < 4.78 is 5.17. The molecule has 0 bridgehead atoms. The van der Waals surface area contributed by atoms with Crippen molar-refractivity contribution in [3.8, 4) is 0 Å². The van der Waals surface area contributed by atoms with E-state index in [1.807, 2.05) is 6.92 Å². The van der Waals surface area contributed by atoms with E-state index >= 15 is 0 Å². The number of amides is 1. The highest BCUT2D eigenvalue weighted by Crippen LogP contribution is 2.34. The molecule has 0 radical (unpaired) electrons. The second-order valence-corrected chi connectivity index (χ2v) is 6.18. The van der Waals surface area contributed by atoms with Crippen molar-refractivity contribution >= 4 is 11.9 Å². The summed E-state index contributed by atoms with van der Waals surface area (Å²) in [4.78, 5) is 27.1. The number of nitrogens with zero attached hydrogens (tertiary/aromatic N) is 1. The molecule has 2 heterocycles. The van der Waals surface area contributed by atoms with Gasteiger partial charge in [-0.3, -0.25) is 4.79 Å². The molecule has 0 aromatic rings. The Morgan fingerprint density at radius 2 is 2.10 bits per heavy atom. The predicted molar refractivity (Wildman–Crippen MR) is 80.8 cm³/mol. The van der Waals surface area contributed by atoms with Crippen molar-refractivity contribution in [3.05, 3.63) is 0 Å². The number of hydrogen-bond donors (Lipinski definition) is 1. The van der Waals surface area contributed by atoms with Gasteiger partial charge in [-0.25, -0.2) is 4.79 Å². The summed E-state index contributed by atoms with van der Waals surface area (Å²) in [5.74, 6) is -0.0875. The maximum absolute atomic E-state index is 13.1. The lowest BCUT2D eigenvalue weighted by Crippen LogP contribution is -2.57. The number of carbonyl (C=O) groups is 2. The Labute approximate surface area is 127 Å². The zero-order valence-corrected chi connectivity index (χ0v) is 13.3. The molecule has 2 rings (SSSR count). The first kappa shape index (κ1) is 16.3. The molecule has 5 nitrogen and oxygen atoms in total. The van der Waals surface area contributed by atoms with Gasteiger partial charge in [-0.2, -0.15) is 0 Å². The maximum atomic E-state index is 13.1. The highest BCUT2D eigenvalue weighted by atomic mass is 16.5. The Morgan fingerprint density at radius 3 is 2.71 bits per heavy atom. The van der Waals surface area contributed by atoms with E-state index in [-0.39, 0.29) is 23.3 Å². The van der Waals surface area contributed by atoms with Crippen LogP contribution in [0.1, 0.15) is 52.4 Å². The predicted octanol–water partition coefficient (Wildman–Crippen LogP) is 1.71. The third-order valence-corrected chi connectivity index (χ3v) is 4.93. The second kappa shape index (κ2) is 7.25. The van der Waals surface area contributed by atoms with Crippen LogP contribution in [-0.4, -0.2) is 49.1 Å². The van der Waals surface area contributed by atoms with Gasteiger partial charge in [-0.15, -0.1) is 0 Å². The highest BCUT2D eigenvalue weighted by Gasteiger charge is 2.44. The molecular weight excluding hydrogens is 268 g/mol. The highest BCUT2D eigenvalue weighted by molar-refractivity contribution is 5.88. The summed E-state index contributed by atoms with van der Waals surface area (Å²) in [6.45, 7) is 6.66. The molecule has 0 saturated carbocycles. The fourth-order valence-electron chi connectivity index (χ4n) is 3.57. The molecule has 2 fully saturated rings. The molecule has 0 aromatic carbocycles.